The Morgan fingerprint density at radius 3 is 2.61 bits per heavy atom. The number of rotatable bonds is 3. The highest BCUT2D eigenvalue weighted by Crippen LogP contribution is 2.31. The molecule has 0 saturated carbocycles. The highest BCUT2D eigenvalue weighted by molar-refractivity contribution is 5.77. The smallest absolute Gasteiger partial charge is 0.416 e. The number of hydrogen-bond acceptors (Lipinski definition) is 6. The summed E-state index contributed by atoms with van der Waals surface area (Å²) in [6.45, 7) is 0. The van der Waals surface area contributed by atoms with E-state index in [2.05, 4.69) is 20.2 Å². The Labute approximate surface area is 154 Å². The average molecular weight is 388 g/mol. The molecule has 2 heterocycles. The van der Waals surface area contributed by atoms with Crippen LogP contribution in [0.25, 0.3) is 34.1 Å². The molecule has 0 aliphatic carbocycles. The van der Waals surface area contributed by atoms with Crippen molar-refractivity contribution in [2.75, 3.05) is 7.11 Å². The molecule has 0 aliphatic heterocycles. The van der Waals surface area contributed by atoms with Gasteiger partial charge in [0.25, 0.3) is 11.4 Å². The number of nitrogens with one attached hydrogen (secondary N) is 1. The van der Waals surface area contributed by atoms with Crippen molar-refractivity contribution in [3.63, 3.8) is 0 Å². The largest absolute Gasteiger partial charge is 0.497 e. The van der Waals surface area contributed by atoms with Crippen molar-refractivity contribution >= 4 is 11.0 Å². The Balaban J connectivity index is 1.79. The van der Waals surface area contributed by atoms with Gasteiger partial charge in [0.2, 0.25) is 5.89 Å². The van der Waals surface area contributed by atoms with Gasteiger partial charge >= 0.3 is 6.18 Å². The van der Waals surface area contributed by atoms with Crippen LogP contribution in [0.15, 0.2) is 51.7 Å². The first-order valence-corrected chi connectivity index (χ1v) is 7.95. The molecule has 4 aromatic rings. The zero-order valence-electron chi connectivity index (χ0n) is 14.2. The Kier molecular flexibility index (Phi) is 4.10. The van der Waals surface area contributed by atoms with Crippen LogP contribution in [0.1, 0.15) is 5.56 Å². The Morgan fingerprint density at radius 1 is 1.07 bits per heavy atom. The van der Waals surface area contributed by atoms with Gasteiger partial charge in [-0.05, 0) is 36.4 Å². The van der Waals surface area contributed by atoms with Crippen LogP contribution in [0.5, 0.6) is 5.75 Å². The fraction of sp³-hybridized carbons (Fsp3) is 0.111. The zero-order valence-corrected chi connectivity index (χ0v) is 14.2. The lowest BCUT2D eigenvalue weighted by atomic mass is 10.2. The maximum atomic E-state index is 12.9. The van der Waals surface area contributed by atoms with Gasteiger partial charge in [0.05, 0.1) is 23.7 Å². The van der Waals surface area contributed by atoms with Gasteiger partial charge in [0, 0.05) is 5.56 Å². The highest BCUT2D eigenvalue weighted by atomic mass is 19.4. The normalized spacial score (nSPS) is 11.7. The number of H-pyrrole nitrogens is 1. The molecule has 0 unspecified atom stereocenters. The zero-order chi connectivity index (χ0) is 19.9. The van der Waals surface area contributed by atoms with Gasteiger partial charge in [0.1, 0.15) is 5.75 Å². The van der Waals surface area contributed by atoms with E-state index in [9.17, 15) is 18.0 Å². The molecule has 1 N–H and O–H groups in total. The van der Waals surface area contributed by atoms with E-state index in [-0.39, 0.29) is 28.5 Å². The first kappa shape index (κ1) is 17.7. The second kappa shape index (κ2) is 6.48. The van der Waals surface area contributed by atoms with E-state index in [4.69, 9.17) is 9.15 Å². The van der Waals surface area contributed by atoms with Crippen molar-refractivity contribution in [1.29, 1.82) is 0 Å². The summed E-state index contributed by atoms with van der Waals surface area (Å²) in [6, 6.07) is 9.66. The summed E-state index contributed by atoms with van der Waals surface area (Å²) < 4.78 is 49.4. The third-order valence-electron chi connectivity index (χ3n) is 3.96. The molecule has 0 fully saturated rings. The molecule has 0 atom stereocenters. The Bertz CT molecular complexity index is 1230. The van der Waals surface area contributed by atoms with Crippen LogP contribution in [0.2, 0.25) is 0 Å². The van der Waals surface area contributed by atoms with Crippen LogP contribution in [-0.4, -0.2) is 27.3 Å². The molecule has 142 valence electrons. The number of ether oxygens (including phenoxy) is 1. The fourth-order valence-corrected chi connectivity index (χ4v) is 2.60. The van der Waals surface area contributed by atoms with Gasteiger partial charge in [-0.1, -0.05) is 6.07 Å². The predicted molar refractivity (Wildman–Crippen MR) is 92.6 cm³/mol. The predicted octanol–water partition coefficient (Wildman–Crippen LogP) is 3.67. The second-order valence-electron chi connectivity index (χ2n) is 5.79. The van der Waals surface area contributed by atoms with Crippen molar-refractivity contribution in [2.45, 2.75) is 6.18 Å². The number of nitrogens with zero attached hydrogens (tertiary/aromatic N) is 3. The molecule has 4 rings (SSSR count). The van der Waals surface area contributed by atoms with E-state index >= 15 is 0 Å². The van der Waals surface area contributed by atoms with E-state index in [1.165, 1.54) is 7.11 Å². The molecule has 0 radical (unpaired) electrons. The van der Waals surface area contributed by atoms with Crippen molar-refractivity contribution in [3.05, 3.63) is 58.4 Å². The number of benzene rings is 2. The van der Waals surface area contributed by atoms with Crippen molar-refractivity contribution < 1.29 is 22.3 Å². The van der Waals surface area contributed by atoms with E-state index in [0.29, 0.717) is 11.3 Å². The average Bonchev–Trinajstić information content (AvgIpc) is 3.16. The number of methoxy groups -OCH3 is 1. The van der Waals surface area contributed by atoms with Gasteiger partial charge in [-0.2, -0.15) is 13.2 Å². The Hall–Kier alpha value is -3.69. The minimum atomic E-state index is -4.53. The number of aromatic nitrogens is 4. The molecule has 0 saturated heterocycles. The summed E-state index contributed by atoms with van der Waals surface area (Å²) in [5, 5.41) is 7.67. The number of fused-ring (bicyclic) bond motifs is 1. The minimum Gasteiger partial charge on any atom is -0.497 e. The maximum absolute atomic E-state index is 12.9. The van der Waals surface area contributed by atoms with E-state index in [0.717, 1.165) is 18.2 Å². The van der Waals surface area contributed by atoms with Gasteiger partial charge in [0.15, 0.2) is 5.69 Å². The molecule has 0 spiro atoms. The molecule has 2 aromatic carbocycles. The summed E-state index contributed by atoms with van der Waals surface area (Å²) in [6.07, 6.45) is -4.53. The van der Waals surface area contributed by atoms with Crippen LogP contribution < -0.4 is 10.3 Å². The van der Waals surface area contributed by atoms with Gasteiger partial charge in [-0.25, -0.2) is 4.98 Å². The van der Waals surface area contributed by atoms with Crippen LogP contribution in [0.3, 0.4) is 0 Å². The molecule has 10 heteroatoms. The number of halogens is 3. The van der Waals surface area contributed by atoms with Crippen LogP contribution in [0.4, 0.5) is 13.2 Å². The summed E-state index contributed by atoms with van der Waals surface area (Å²) in [5.41, 5.74) is -1.15. The summed E-state index contributed by atoms with van der Waals surface area (Å²) in [7, 11) is 1.51. The number of alkyl halides is 3. The lowest BCUT2D eigenvalue weighted by Gasteiger charge is -2.07. The third kappa shape index (κ3) is 3.20. The first-order valence-electron chi connectivity index (χ1n) is 7.95. The molecule has 2 aromatic heterocycles. The van der Waals surface area contributed by atoms with Crippen LogP contribution in [-0.2, 0) is 6.18 Å². The molecule has 7 nitrogen and oxygen atoms in total. The first-order chi connectivity index (χ1) is 13.3. The maximum Gasteiger partial charge on any atom is 0.416 e. The summed E-state index contributed by atoms with van der Waals surface area (Å²) >= 11 is 0. The van der Waals surface area contributed by atoms with Gasteiger partial charge in [-0.15, -0.1) is 10.2 Å². The van der Waals surface area contributed by atoms with Crippen molar-refractivity contribution in [3.8, 4) is 28.8 Å². The molecular formula is C18H11F3N4O3. The molecular weight excluding hydrogens is 377 g/mol. The topological polar surface area (TPSA) is 93.9 Å². The Morgan fingerprint density at radius 2 is 1.86 bits per heavy atom. The standard InChI is InChI=1S/C18H11F3N4O3/c1-27-11-4-2-3-9(7-11)16-24-25-17(28-16)14-15(26)23-12-6-5-10(18(19,20)21)8-13(12)22-14/h2-8H,1H3,(H,23,26). The van der Waals surface area contributed by atoms with E-state index in [1.54, 1.807) is 24.3 Å². The summed E-state index contributed by atoms with van der Waals surface area (Å²) in [4.78, 5) is 18.7. The quantitative estimate of drug-likeness (QED) is 0.576. The molecule has 28 heavy (non-hydrogen) atoms. The molecule has 0 amide bonds. The van der Waals surface area contributed by atoms with Gasteiger partial charge < -0.3 is 14.1 Å². The van der Waals surface area contributed by atoms with Crippen LogP contribution in [0, 0.1) is 0 Å². The number of hydrogen-bond donors (Lipinski definition) is 1. The van der Waals surface area contributed by atoms with E-state index < -0.39 is 17.3 Å². The molecule has 0 bridgehead atoms. The van der Waals surface area contributed by atoms with Crippen LogP contribution >= 0.6 is 0 Å². The minimum absolute atomic E-state index is 0.0504. The number of aromatic amines is 1. The van der Waals surface area contributed by atoms with Crippen molar-refractivity contribution in [2.24, 2.45) is 0 Å². The fourth-order valence-electron chi connectivity index (χ4n) is 2.60. The second-order valence-corrected chi connectivity index (χ2v) is 5.79. The highest BCUT2D eigenvalue weighted by Gasteiger charge is 2.30. The lowest BCUT2D eigenvalue weighted by molar-refractivity contribution is -0.137. The summed E-state index contributed by atoms with van der Waals surface area (Å²) in [5.74, 6) is 0.469. The third-order valence-corrected chi connectivity index (χ3v) is 3.96. The monoisotopic (exact) mass is 388 g/mol. The van der Waals surface area contributed by atoms with Crippen molar-refractivity contribution in [1.82, 2.24) is 20.2 Å². The SMILES string of the molecule is COc1cccc(-c2nnc(-c3nc4cc(C(F)(F)F)ccc4[nH]c3=O)o2)c1. The molecule has 0 aliphatic rings. The van der Waals surface area contributed by atoms with E-state index in [1.807, 2.05) is 0 Å². The lowest BCUT2D eigenvalue weighted by Crippen LogP contribution is -2.12. The van der Waals surface area contributed by atoms with Gasteiger partial charge in [-0.3, -0.25) is 4.79 Å².